The molecular weight excluding hydrogens is 298 g/mol. The zero-order valence-electron chi connectivity index (χ0n) is 15.3. The standard InChI is InChI=1S/C21H31NO2/c1-13(22-24)17-6-7-18-16-5-4-14-12-15(23)8-10-20(14,2)19(16)9-11-21(17,18)3/h4,6,15-16,18-19,23-24H,5,7-12H2,1-3H3/b22-13-/t15-,16-,18?,19-,20-,21+/m0/s1. The van der Waals surface area contributed by atoms with E-state index in [4.69, 9.17) is 0 Å². The van der Waals surface area contributed by atoms with Gasteiger partial charge in [0.1, 0.15) is 0 Å². The third-order valence-corrected chi connectivity index (χ3v) is 8.20. The molecule has 2 fully saturated rings. The van der Waals surface area contributed by atoms with Crippen LogP contribution in [0.2, 0.25) is 0 Å². The number of fused-ring (bicyclic) bond motifs is 5. The minimum atomic E-state index is -0.127. The van der Waals surface area contributed by atoms with Crippen LogP contribution >= 0.6 is 0 Å². The van der Waals surface area contributed by atoms with E-state index in [0.717, 1.165) is 43.2 Å². The monoisotopic (exact) mass is 329 g/mol. The van der Waals surface area contributed by atoms with Crippen LogP contribution in [-0.4, -0.2) is 22.1 Å². The molecule has 0 aliphatic heterocycles. The Bertz CT molecular complexity index is 634. The number of rotatable bonds is 1. The maximum atomic E-state index is 10.1. The van der Waals surface area contributed by atoms with Gasteiger partial charge in [0.05, 0.1) is 11.8 Å². The topological polar surface area (TPSA) is 52.8 Å². The van der Waals surface area contributed by atoms with Gasteiger partial charge < -0.3 is 10.3 Å². The zero-order chi connectivity index (χ0) is 17.1. The van der Waals surface area contributed by atoms with Gasteiger partial charge >= 0.3 is 0 Å². The molecule has 24 heavy (non-hydrogen) atoms. The van der Waals surface area contributed by atoms with E-state index < -0.39 is 0 Å². The molecule has 132 valence electrons. The first-order valence-corrected chi connectivity index (χ1v) is 9.67. The molecular formula is C21H31NO2. The highest BCUT2D eigenvalue weighted by atomic mass is 16.4. The first-order chi connectivity index (χ1) is 11.4. The fourth-order valence-corrected chi connectivity index (χ4v) is 6.82. The van der Waals surface area contributed by atoms with Gasteiger partial charge in [-0.05, 0) is 86.0 Å². The molecule has 2 N–H and O–H groups in total. The molecule has 1 unspecified atom stereocenters. The van der Waals surface area contributed by atoms with Crippen LogP contribution < -0.4 is 0 Å². The van der Waals surface area contributed by atoms with Gasteiger partial charge in [0.15, 0.2) is 0 Å². The van der Waals surface area contributed by atoms with E-state index >= 15 is 0 Å². The van der Waals surface area contributed by atoms with Crippen LogP contribution in [0.5, 0.6) is 0 Å². The van der Waals surface area contributed by atoms with Gasteiger partial charge in [-0.2, -0.15) is 0 Å². The van der Waals surface area contributed by atoms with E-state index in [0.29, 0.717) is 11.3 Å². The third kappa shape index (κ3) is 2.09. The summed E-state index contributed by atoms with van der Waals surface area (Å²) in [7, 11) is 0. The quantitative estimate of drug-likeness (QED) is 0.317. The molecule has 3 nitrogen and oxygen atoms in total. The number of allylic oxidation sites excluding steroid dienone is 3. The molecule has 0 aromatic carbocycles. The van der Waals surface area contributed by atoms with Crippen molar-refractivity contribution in [2.24, 2.45) is 33.7 Å². The molecule has 6 atom stereocenters. The molecule has 0 heterocycles. The molecule has 4 aliphatic carbocycles. The summed E-state index contributed by atoms with van der Waals surface area (Å²) in [4.78, 5) is 0. The second kappa shape index (κ2) is 5.45. The maximum absolute atomic E-state index is 10.1. The number of hydrogen-bond acceptors (Lipinski definition) is 3. The van der Waals surface area contributed by atoms with Crippen LogP contribution in [0, 0.1) is 28.6 Å². The second-order valence-corrected chi connectivity index (χ2v) is 9.15. The van der Waals surface area contributed by atoms with E-state index in [1.165, 1.54) is 30.4 Å². The first-order valence-electron chi connectivity index (χ1n) is 9.67. The number of aliphatic hydroxyl groups excluding tert-OH is 1. The highest BCUT2D eigenvalue weighted by Crippen LogP contribution is 2.65. The highest BCUT2D eigenvalue weighted by molar-refractivity contribution is 5.99. The molecule has 4 rings (SSSR count). The van der Waals surface area contributed by atoms with Gasteiger partial charge in [-0.25, -0.2) is 0 Å². The van der Waals surface area contributed by atoms with Crippen molar-refractivity contribution in [2.45, 2.75) is 71.8 Å². The van der Waals surface area contributed by atoms with Gasteiger partial charge in [0.2, 0.25) is 0 Å². The Balaban J connectivity index is 1.66. The average Bonchev–Trinajstić information content (AvgIpc) is 2.92. The van der Waals surface area contributed by atoms with Gasteiger partial charge in [0.25, 0.3) is 0 Å². The summed E-state index contributed by atoms with van der Waals surface area (Å²) in [6.07, 6.45) is 12.4. The van der Waals surface area contributed by atoms with Crippen LogP contribution in [0.15, 0.2) is 28.5 Å². The molecule has 2 saturated carbocycles. The summed E-state index contributed by atoms with van der Waals surface area (Å²) < 4.78 is 0. The van der Waals surface area contributed by atoms with E-state index in [-0.39, 0.29) is 11.5 Å². The molecule has 0 spiro atoms. The number of hydrogen-bond donors (Lipinski definition) is 2. The van der Waals surface area contributed by atoms with Crippen molar-refractivity contribution in [2.75, 3.05) is 0 Å². The van der Waals surface area contributed by atoms with E-state index in [1.54, 1.807) is 0 Å². The molecule has 0 saturated heterocycles. The Morgan fingerprint density at radius 2 is 1.83 bits per heavy atom. The molecule has 0 aromatic rings. The summed E-state index contributed by atoms with van der Waals surface area (Å²) in [6.45, 7) is 6.80. The number of oxime groups is 1. The fourth-order valence-electron chi connectivity index (χ4n) is 6.82. The first kappa shape index (κ1) is 16.4. The lowest BCUT2D eigenvalue weighted by Gasteiger charge is -2.57. The summed E-state index contributed by atoms with van der Waals surface area (Å²) in [6, 6.07) is 0. The van der Waals surface area contributed by atoms with Crippen molar-refractivity contribution in [3.05, 3.63) is 23.3 Å². The van der Waals surface area contributed by atoms with Gasteiger partial charge in [0, 0.05) is 0 Å². The normalized spacial score (nSPS) is 48.1. The third-order valence-electron chi connectivity index (χ3n) is 8.20. The molecule has 3 heteroatoms. The second-order valence-electron chi connectivity index (χ2n) is 9.15. The zero-order valence-corrected chi connectivity index (χ0v) is 15.3. The smallest absolute Gasteiger partial charge is 0.0799 e. The van der Waals surface area contributed by atoms with Crippen LogP contribution in [0.4, 0.5) is 0 Å². The fraction of sp³-hybridized carbons (Fsp3) is 0.762. The van der Waals surface area contributed by atoms with Crippen molar-refractivity contribution in [3.8, 4) is 0 Å². The average molecular weight is 329 g/mol. The Hall–Kier alpha value is -1.09. The molecule has 0 bridgehead atoms. The van der Waals surface area contributed by atoms with E-state index in [2.05, 4.69) is 31.2 Å². The lowest BCUT2D eigenvalue weighted by Crippen LogP contribution is -2.50. The summed E-state index contributed by atoms with van der Waals surface area (Å²) in [5.74, 6) is 2.15. The van der Waals surface area contributed by atoms with Crippen molar-refractivity contribution < 1.29 is 10.3 Å². The van der Waals surface area contributed by atoms with Crippen LogP contribution in [-0.2, 0) is 0 Å². The van der Waals surface area contributed by atoms with Crippen LogP contribution in [0.3, 0.4) is 0 Å². The van der Waals surface area contributed by atoms with Crippen molar-refractivity contribution in [1.82, 2.24) is 0 Å². The van der Waals surface area contributed by atoms with E-state index in [9.17, 15) is 10.3 Å². The highest BCUT2D eigenvalue weighted by Gasteiger charge is 2.56. The molecule has 0 radical (unpaired) electrons. The maximum Gasteiger partial charge on any atom is 0.0799 e. The van der Waals surface area contributed by atoms with Crippen LogP contribution in [0.25, 0.3) is 0 Å². The Kier molecular flexibility index (Phi) is 3.72. The largest absolute Gasteiger partial charge is 0.411 e. The summed E-state index contributed by atoms with van der Waals surface area (Å²) >= 11 is 0. The van der Waals surface area contributed by atoms with Crippen molar-refractivity contribution >= 4 is 5.71 Å². The minimum absolute atomic E-state index is 0.127. The Morgan fingerprint density at radius 3 is 2.58 bits per heavy atom. The lowest BCUT2D eigenvalue weighted by molar-refractivity contribution is -0.0280. The summed E-state index contributed by atoms with van der Waals surface area (Å²) in [5.41, 5.74) is 4.09. The molecule has 0 aromatic heterocycles. The number of aliphatic hydroxyl groups is 1. The Labute approximate surface area is 145 Å². The predicted molar refractivity (Wildman–Crippen MR) is 96.1 cm³/mol. The van der Waals surface area contributed by atoms with Crippen LogP contribution in [0.1, 0.15) is 65.7 Å². The van der Waals surface area contributed by atoms with Crippen molar-refractivity contribution in [3.63, 3.8) is 0 Å². The van der Waals surface area contributed by atoms with Crippen molar-refractivity contribution in [1.29, 1.82) is 0 Å². The number of nitrogens with zero attached hydrogens (tertiary/aromatic N) is 1. The molecule has 0 amide bonds. The van der Waals surface area contributed by atoms with E-state index in [1.807, 2.05) is 6.92 Å². The lowest BCUT2D eigenvalue weighted by atomic mass is 9.47. The van der Waals surface area contributed by atoms with Gasteiger partial charge in [-0.1, -0.05) is 36.7 Å². The predicted octanol–water partition coefficient (Wildman–Crippen LogP) is 4.70. The minimum Gasteiger partial charge on any atom is -0.411 e. The SMILES string of the molecule is C/C(=N/O)C1=CCC2[C@@H]3CC=C4C[C@@H](O)CC[C@]4(C)[C@H]3CC[C@]12C. The van der Waals surface area contributed by atoms with Gasteiger partial charge in [-0.15, -0.1) is 0 Å². The summed E-state index contributed by atoms with van der Waals surface area (Å²) in [5, 5.41) is 22.9. The Morgan fingerprint density at radius 1 is 1.08 bits per heavy atom. The molecule has 4 aliphatic rings. The van der Waals surface area contributed by atoms with Gasteiger partial charge in [-0.3, -0.25) is 0 Å².